The van der Waals surface area contributed by atoms with Crippen molar-refractivity contribution in [3.8, 4) is 5.75 Å². The number of hydrogen-bond acceptors (Lipinski definition) is 3. The van der Waals surface area contributed by atoms with E-state index < -0.39 is 0 Å². The summed E-state index contributed by atoms with van der Waals surface area (Å²) in [4.78, 5) is 16.1. The van der Waals surface area contributed by atoms with Crippen molar-refractivity contribution in [3.05, 3.63) is 89.0 Å². The number of nitrogens with one attached hydrogen (secondary N) is 1. The van der Waals surface area contributed by atoms with Crippen molar-refractivity contribution in [3.63, 3.8) is 0 Å². The fraction of sp³-hybridized carbons (Fsp3) is 0.100. The SMILES string of the molecule is O=C(Cc1ccc(Cl)nc1)Nc1cccc(COc2cccc(F)c2)c1. The molecule has 0 aliphatic rings. The fourth-order valence-electron chi connectivity index (χ4n) is 2.36. The Morgan fingerprint density at radius 1 is 1.08 bits per heavy atom. The molecule has 0 fully saturated rings. The van der Waals surface area contributed by atoms with Gasteiger partial charge in [-0.05, 0) is 41.5 Å². The number of ether oxygens (including phenoxy) is 1. The molecule has 1 N–H and O–H groups in total. The van der Waals surface area contributed by atoms with Gasteiger partial charge in [0.2, 0.25) is 5.91 Å². The summed E-state index contributed by atoms with van der Waals surface area (Å²) < 4.78 is 18.7. The molecule has 0 aliphatic carbocycles. The van der Waals surface area contributed by atoms with Crippen LogP contribution in [0.5, 0.6) is 5.75 Å². The lowest BCUT2D eigenvalue weighted by Gasteiger charge is -2.09. The Bertz CT molecular complexity index is 900. The molecule has 26 heavy (non-hydrogen) atoms. The molecule has 2 aromatic carbocycles. The zero-order valence-electron chi connectivity index (χ0n) is 13.8. The molecular weight excluding hydrogens is 355 g/mol. The van der Waals surface area contributed by atoms with Gasteiger partial charge >= 0.3 is 0 Å². The monoisotopic (exact) mass is 370 g/mol. The number of pyridine rings is 1. The number of benzene rings is 2. The Balaban J connectivity index is 1.58. The normalized spacial score (nSPS) is 10.4. The van der Waals surface area contributed by atoms with E-state index in [-0.39, 0.29) is 24.8 Å². The summed E-state index contributed by atoms with van der Waals surface area (Å²) in [6, 6.07) is 16.7. The van der Waals surface area contributed by atoms with E-state index in [4.69, 9.17) is 16.3 Å². The highest BCUT2D eigenvalue weighted by Gasteiger charge is 2.06. The largest absolute Gasteiger partial charge is 0.489 e. The number of carbonyl (C=O) groups is 1. The fourth-order valence-corrected chi connectivity index (χ4v) is 2.48. The maximum atomic E-state index is 13.2. The molecule has 3 aromatic rings. The van der Waals surface area contributed by atoms with Gasteiger partial charge in [-0.15, -0.1) is 0 Å². The molecule has 132 valence electrons. The van der Waals surface area contributed by atoms with Crippen LogP contribution in [0.25, 0.3) is 0 Å². The minimum absolute atomic E-state index is 0.155. The third-order valence-electron chi connectivity index (χ3n) is 3.57. The summed E-state index contributed by atoms with van der Waals surface area (Å²) in [5.74, 6) is -0.0489. The Labute approximate surface area is 155 Å². The number of hydrogen-bond donors (Lipinski definition) is 1. The lowest BCUT2D eigenvalue weighted by Crippen LogP contribution is -2.14. The molecule has 0 radical (unpaired) electrons. The van der Waals surface area contributed by atoms with Crippen LogP contribution in [-0.2, 0) is 17.8 Å². The molecule has 0 spiro atoms. The van der Waals surface area contributed by atoms with Crippen molar-refractivity contribution in [2.24, 2.45) is 0 Å². The molecule has 0 saturated carbocycles. The molecule has 0 aliphatic heterocycles. The molecule has 0 bridgehead atoms. The van der Waals surface area contributed by atoms with Crippen LogP contribution >= 0.6 is 11.6 Å². The number of carbonyl (C=O) groups excluding carboxylic acids is 1. The van der Waals surface area contributed by atoms with Gasteiger partial charge in [0.25, 0.3) is 0 Å². The Morgan fingerprint density at radius 3 is 2.69 bits per heavy atom. The van der Waals surface area contributed by atoms with Crippen LogP contribution in [0.1, 0.15) is 11.1 Å². The summed E-state index contributed by atoms with van der Waals surface area (Å²) >= 11 is 5.73. The minimum Gasteiger partial charge on any atom is -0.489 e. The molecule has 4 nitrogen and oxygen atoms in total. The highest BCUT2D eigenvalue weighted by atomic mass is 35.5. The second-order valence-corrected chi connectivity index (χ2v) is 6.05. The highest BCUT2D eigenvalue weighted by Crippen LogP contribution is 2.16. The molecule has 3 rings (SSSR count). The molecule has 0 saturated heterocycles. The van der Waals surface area contributed by atoms with Crippen molar-refractivity contribution in [2.45, 2.75) is 13.0 Å². The number of aromatic nitrogens is 1. The van der Waals surface area contributed by atoms with Crippen LogP contribution in [0.3, 0.4) is 0 Å². The van der Waals surface area contributed by atoms with E-state index in [1.807, 2.05) is 18.2 Å². The third kappa shape index (κ3) is 5.29. The average molecular weight is 371 g/mol. The van der Waals surface area contributed by atoms with Gasteiger partial charge in [0, 0.05) is 18.0 Å². The minimum atomic E-state index is -0.347. The standard InChI is InChI=1S/C20H16ClFN2O2/c21-19-8-7-14(12-23-19)10-20(25)24-17-5-1-3-15(9-17)13-26-18-6-2-4-16(22)11-18/h1-9,11-12H,10,13H2,(H,24,25). The lowest BCUT2D eigenvalue weighted by molar-refractivity contribution is -0.115. The first-order valence-corrected chi connectivity index (χ1v) is 8.34. The molecule has 0 unspecified atom stereocenters. The Morgan fingerprint density at radius 2 is 1.92 bits per heavy atom. The summed E-state index contributed by atoms with van der Waals surface area (Å²) in [6.07, 6.45) is 1.78. The maximum absolute atomic E-state index is 13.2. The van der Waals surface area contributed by atoms with E-state index in [1.54, 1.807) is 36.5 Å². The second-order valence-electron chi connectivity index (χ2n) is 5.66. The number of rotatable bonds is 6. The molecule has 1 amide bonds. The first kappa shape index (κ1) is 17.9. The predicted octanol–water partition coefficient (Wildman–Crippen LogP) is 4.63. The molecule has 6 heteroatoms. The van der Waals surface area contributed by atoms with Gasteiger partial charge in [0.05, 0.1) is 6.42 Å². The van der Waals surface area contributed by atoms with Crippen molar-refractivity contribution in [1.29, 1.82) is 0 Å². The van der Waals surface area contributed by atoms with Gasteiger partial charge in [-0.1, -0.05) is 35.9 Å². The first-order chi connectivity index (χ1) is 12.6. The summed E-state index contributed by atoms with van der Waals surface area (Å²) in [5.41, 5.74) is 2.30. The Hall–Kier alpha value is -2.92. The van der Waals surface area contributed by atoms with Gasteiger partial charge in [-0.25, -0.2) is 9.37 Å². The molecule has 0 atom stereocenters. The second kappa shape index (κ2) is 8.45. The van der Waals surface area contributed by atoms with Crippen molar-refractivity contribution in [2.75, 3.05) is 5.32 Å². The number of anilines is 1. The van der Waals surface area contributed by atoms with Crippen LogP contribution in [0.15, 0.2) is 66.9 Å². The highest BCUT2D eigenvalue weighted by molar-refractivity contribution is 6.29. The zero-order valence-corrected chi connectivity index (χ0v) is 14.5. The van der Waals surface area contributed by atoms with E-state index in [9.17, 15) is 9.18 Å². The number of amides is 1. The predicted molar refractivity (Wildman–Crippen MR) is 98.8 cm³/mol. The molecule has 1 heterocycles. The van der Waals surface area contributed by atoms with Gasteiger partial charge < -0.3 is 10.1 Å². The van der Waals surface area contributed by atoms with E-state index >= 15 is 0 Å². The summed E-state index contributed by atoms with van der Waals surface area (Å²) in [7, 11) is 0. The van der Waals surface area contributed by atoms with Crippen LogP contribution in [0.4, 0.5) is 10.1 Å². The molecule has 1 aromatic heterocycles. The third-order valence-corrected chi connectivity index (χ3v) is 3.79. The first-order valence-electron chi connectivity index (χ1n) is 7.96. The van der Waals surface area contributed by atoms with Crippen molar-refractivity contribution in [1.82, 2.24) is 4.98 Å². The lowest BCUT2D eigenvalue weighted by atomic mass is 10.2. The van der Waals surface area contributed by atoms with E-state index in [2.05, 4.69) is 10.3 Å². The van der Waals surface area contributed by atoms with E-state index in [0.29, 0.717) is 16.6 Å². The van der Waals surface area contributed by atoms with Gasteiger partial charge in [-0.2, -0.15) is 0 Å². The smallest absolute Gasteiger partial charge is 0.228 e. The maximum Gasteiger partial charge on any atom is 0.228 e. The number of nitrogens with zero attached hydrogens (tertiary/aromatic N) is 1. The summed E-state index contributed by atoms with van der Waals surface area (Å²) in [6.45, 7) is 0.272. The Kier molecular flexibility index (Phi) is 5.81. The van der Waals surface area contributed by atoms with E-state index in [0.717, 1.165) is 11.1 Å². The van der Waals surface area contributed by atoms with Gasteiger partial charge in [0.1, 0.15) is 23.3 Å². The van der Waals surface area contributed by atoms with Crippen LogP contribution in [0.2, 0.25) is 5.15 Å². The average Bonchev–Trinajstić information content (AvgIpc) is 2.62. The van der Waals surface area contributed by atoms with Crippen LogP contribution in [0, 0.1) is 5.82 Å². The van der Waals surface area contributed by atoms with Crippen molar-refractivity contribution >= 4 is 23.2 Å². The van der Waals surface area contributed by atoms with Crippen LogP contribution in [-0.4, -0.2) is 10.9 Å². The summed E-state index contributed by atoms with van der Waals surface area (Å²) in [5, 5.41) is 3.23. The molecular formula is C20H16ClFN2O2. The zero-order chi connectivity index (χ0) is 18.4. The van der Waals surface area contributed by atoms with Crippen molar-refractivity contribution < 1.29 is 13.9 Å². The van der Waals surface area contributed by atoms with Crippen LogP contribution < -0.4 is 10.1 Å². The topological polar surface area (TPSA) is 51.2 Å². The van der Waals surface area contributed by atoms with Gasteiger partial charge in [-0.3, -0.25) is 4.79 Å². The van der Waals surface area contributed by atoms with Gasteiger partial charge in [0.15, 0.2) is 0 Å². The van der Waals surface area contributed by atoms with E-state index in [1.165, 1.54) is 12.1 Å². The number of halogens is 2. The quantitative estimate of drug-likeness (QED) is 0.643.